The Kier molecular flexibility index (Phi) is 5.66. The summed E-state index contributed by atoms with van der Waals surface area (Å²) in [5, 5.41) is 7.96. The number of ether oxygens (including phenoxy) is 1. The van der Waals surface area contributed by atoms with Crippen LogP contribution < -0.4 is 10.1 Å². The fourth-order valence-corrected chi connectivity index (χ4v) is 5.41. The van der Waals surface area contributed by atoms with Crippen molar-refractivity contribution in [2.24, 2.45) is 11.8 Å². The Morgan fingerprint density at radius 1 is 1.14 bits per heavy atom. The molecule has 29 heavy (non-hydrogen) atoms. The summed E-state index contributed by atoms with van der Waals surface area (Å²) in [5.74, 6) is 2.76. The second kappa shape index (κ2) is 8.21. The Balaban J connectivity index is 1.43. The zero-order valence-corrected chi connectivity index (χ0v) is 18.1. The number of hydrogen-bond acceptors (Lipinski definition) is 3. The number of rotatable bonds is 6. The van der Waals surface area contributed by atoms with Gasteiger partial charge in [-0.15, -0.1) is 0 Å². The predicted octanol–water partition coefficient (Wildman–Crippen LogP) is 4.30. The fraction of sp³-hybridized carbons (Fsp3) is 0.583. The Labute approximate surface area is 173 Å². The van der Waals surface area contributed by atoms with Crippen LogP contribution in [0.5, 0.6) is 5.75 Å². The second-order valence-electron chi connectivity index (χ2n) is 8.77. The molecular formula is C24H33N3O2. The van der Waals surface area contributed by atoms with Gasteiger partial charge in [-0.3, -0.25) is 9.48 Å². The van der Waals surface area contributed by atoms with Gasteiger partial charge in [-0.1, -0.05) is 25.0 Å². The number of methoxy groups -OCH3 is 1. The second-order valence-corrected chi connectivity index (χ2v) is 8.77. The van der Waals surface area contributed by atoms with Gasteiger partial charge in [0, 0.05) is 30.6 Å². The standard InChI is InChI=1S/C24H33N3O2/c1-15-16(2)26-27(17(15)3)14-13-22(28)25-24-21-8-6-5-7-20(21)23(24)18-9-11-19(29-4)12-10-18/h9-12,20-21,23-24H,5-8,13-14H2,1-4H3,(H,25,28)/t20?,21?,23-,24-/m0/s1. The van der Waals surface area contributed by atoms with Gasteiger partial charge < -0.3 is 10.1 Å². The quantitative estimate of drug-likeness (QED) is 0.794. The lowest BCUT2D eigenvalue weighted by molar-refractivity contribution is -0.125. The third kappa shape index (κ3) is 3.79. The van der Waals surface area contributed by atoms with Crippen molar-refractivity contribution in [1.82, 2.24) is 15.1 Å². The van der Waals surface area contributed by atoms with Crippen LogP contribution in [0.3, 0.4) is 0 Å². The summed E-state index contributed by atoms with van der Waals surface area (Å²) in [7, 11) is 1.70. The minimum Gasteiger partial charge on any atom is -0.497 e. The molecule has 1 aromatic heterocycles. The maximum Gasteiger partial charge on any atom is 0.222 e. The van der Waals surface area contributed by atoms with Crippen molar-refractivity contribution < 1.29 is 9.53 Å². The third-order valence-corrected chi connectivity index (χ3v) is 7.31. The number of aromatic nitrogens is 2. The van der Waals surface area contributed by atoms with Crippen LogP contribution in [0.2, 0.25) is 0 Å². The van der Waals surface area contributed by atoms with Crippen molar-refractivity contribution in [3.05, 3.63) is 46.8 Å². The molecule has 0 aliphatic heterocycles. The minimum atomic E-state index is 0.141. The molecule has 5 nitrogen and oxygen atoms in total. The number of amides is 1. The van der Waals surface area contributed by atoms with Crippen LogP contribution in [-0.4, -0.2) is 28.8 Å². The molecular weight excluding hydrogens is 362 g/mol. The molecule has 1 N–H and O–H groups in total. The number of nitrogens with zero attached hydrogens (tertiary/aromatic N) is 2. The van der Waals surface area contributed by atoms with E-state index in [1.54, 1.807) is 7.11 Å². The molecule has 1 amide bonds. The van der Waals surface area contributed by atoms with E-state index in [0.717, 1.165) is 17.1 Å². The molecule has 0 radical (unpaired) electrons. The first-order chi connectivity index (χ1) is 14.0. The highest BCUT2D eigenvalue weighted by molar-refractivity contribution is 5.76. The van der Waals surface area contributed by atoms with Gasteiger partial charge in [0.1, 0.15) is 5.75 Å². The highest BCUT2D eigenvalue weighted by Crippen LogP contribution is 2.54. The molecule has 156 valence electrons. The third-order valence-electron chi connectivity index (χ3n) is 7.31. The maximum atomic E-state index is 12.8. The van der Waals surface area contributed by atoms with E-state index in [0.29, 0.717) is 30.7 Å². The number of carbonyl (C=O) groups excluding carboxylic acids is 1. The van der Waals surface area contributed by atoms with Gasteiger partial charge in [0.15, 0.2) is 0 Å². The molecule has 0 bridgehead atoms. The van der Waals surface area contributed by atoms with E-state index in [1.165, 1.54) is 36.8 Å². The van der Waals surface area contributed by atoms with E-state index < -0.39 is 0 Å². The van der Waals surface area contributed by atoms with E-state index in [9.17, 15) is 4.79 Å². The lowest BCUT2D eigenvalue weighted by Gasteiger charge is -2.55. The lowest BCUT2D eigenvalue weighted by Crippen LogP contribution is -2.59. The number of hydrogen-bond donors (Lipinski definition) is 1. The van der Waals surface area contributed by atoms with E-state index in [2.05, 4.69) is 36.4 Å². The van der Waals surface area contributed by atoms with E-state index in [4.69, 9.17) is 4.74 Å². The molecule has 2 aromatic rings. The average molecular weight is 396 g/mol. The molecule has 5 heteroatoms. The van der Waals surface area contributed by atoms with Crippen LogP contribution in [0.15, 0.2) is 24.3 Å². The van der Waals surface area contributed by atoms with Crippen molar-refractivity contribution in [2.75, 3.05) is 7.11 Å². The van der Waals surface area contributed by atoms with Gasteiger partial charge >= 0.3 is 0 Å². The van der Waals surface area contributed by atoms with Crippen molar-refractivity contribution in [2.45, 2.75) is 71.4 Å². The number of benzene rings is 1. The van der Waals surface area contributed by atoms with Gasteiger partial charge in [-0.25, -0.2) is 0 Å². The van der Waals surface area contributed by atoms with Crippen molar-refractivity contribution >= 4 is 5.91 Å². The first-order valence-electron chi connectivity index (χ1n) is 10.9. The Bertz CT molecular complexity index is 871. The zero-order chi connectivity index (χ0) is 20.5. The molecule has 1 heterocycles. The number of nitrogens with one attached hydrogen (secondary N) is 1. The summed E-state index contributed by atoms with van der Waals surface area (Å²) >= 11 is 0. The summed E-state index contributed by atoms with van der Waals surface area (Å²) in [4.78, 5) is 12.8. The molecule has 4 rings (SSSR count). The molecule has 0 saturated heterocycles. The monoisotopic (exact) mass is 395 g/mol. The summed E-state index contributed by atoms with van der Waals surface area (Å²) in [6.45, 7) is 6.83. The van der Waals surface area contributed by atoms with Crippen LogP contribution in [0.4, 0.5) is 0 Å². The first-order valence-corrected chi connectivity index (χ1v) is 10.9. The summed E-state index contributed by atoms with van der Waals surface area (Å²) in [6.07, 6.45) is 5.59. The SMILES string of the molecule is COc1ccc([C@H]2C3CCCCC3[C@@H]2NC(=O)CCn2nc(C)c(C)c2C)cc1. The van der Waals surface area contributed by atoms with Crippen LogP contribution in [0.25, 0.3) is 0 Å². The van der Waals surface area contributed by atoms with Crippen LogP contribution in [-0.2, 0) is 11.3 Å². The molecule has 1 aromatic carbocycles. The smallest absolute Gasteiger partial charge is 0.222 e. The molecule has 4 atom stereocenters. The van der Waals surface area contributed by atoms with Gasteiger partial charge in [-0.2, -0.15) is 5.10 Å². The average Bonchev–Trinajstić information content (AvgIpc) is 2.98. The van der Waals surface area contributed by atoms with Crippen molar-refractivity contribution in [1.29, 1.82) is 0 Å². The number of fused-ring (bicyclic) bond motifs is 1. The molecule has 2 saturated carbocycles. The van der Waals surface area contributed by atoms with Crippen LogP contribution in [0, 0.1) is 32.6 Å². The van der Waals surface area contributed by atoms with Crippen molar-refractivity contribution in [3.8, 4) is 5.75 Å². The van der Waals surface area contributed by atoms with Gasteiger partial charge in [0.25, 0.3) is 0 Å². The van der Waals surface area contributed by atoms with E-state index in [-0.39, 0.29) is 11.9 Å². The lowest BCUT2D eigenvalue weighted by atomic mass is 9.53. The van der Waals surface area contributed by atoms with Gasteiger partial charge in [0.2, 0.25) is 5.91 Å². The molecule has 2 aliphatic carbocycles. The summed E-state index contributed by atoms with van der Waals surface area (Å²) in [6, 6.07) is 8.67. The highest BCUT2D eigenvalue weighted by Gasteiger charge is 2.51. The van der Waals surface area contributed by atoms with Crippen LogP contribution >= 0.6 is 0 Å². The summed E-state index contributed by atoms with van der Waals surface area (Å²) < 4.78 is 7.28. The predicted molar refractivity (Wildman–Crippen MR) is 114 cm³/mol. The molecule has 2 unspecified atom stereocenters. The normalized spacial score (nSPS) is 25.8. The number of carbonyl (C=O) groups is 1. The zero-order valence-electron chi connectivity index (χ0n) is 18.1. The van der Waals surface area contributed by atoms with Crippen LogP contribution in [0.1, 0.15) is 60.5 Å². The molecule has 0 spiro atoms. The summed E-state index contributed by atoms with van der Waals surface area (Å²) in [5.41, 5.74) is 4.75. The van der Waals surface area contributed by atoms with E-state index in [1.807, 2.05) is 23.7 Å². The van der Waals surface area contributed by atoms with E-state index >= 15 is 0 Å². The number of aryl methyl sites for hydroxylation is 2. The Morgan fingerprint density at radius 3 is 2.45 bits per heavy atom. The first kappa shape index (κ1) is 20.0. The van der Waals surface area contributed by atoms with Gasteiger partial charge in [0.05, 0.1) is 12.8 Å². The minimum absolute atomic E-state index is 0.141. The molecule has 2 aliphatic rings. The Morgan fingerprint density at radius 2 is 1.83 bits per heavy atom. The molecule has 2 fully saturated rings. The largest absolute Gasteiger partial charge is 0.497 e. The Hall–Kier alpha value is -2.30. The van der Waals surface area contributed by atoms with Gasteiger partial charge in [-0.05, 0) is 68.7 Å². The highest BCUT2D eigenvalue weighted by atomic mass is 16.5. The maximum absolute atomic E-state index is 12.8. The topological polar surface area (TPSA) is 56.1 Å². The fourth-order valence-electron chi connectivity index (χ4n) is 5.41. The van der Waals surface area contributed by atoms with Crippen molar-refractivity contribution in [3.63, 3.8) is 0 Å².